The molecule has 1 nitrogen and oxygen atoms in total. The van der Waals surface area contributed by atoms with Crippen LogP contribution >= 0.6 is 0 Å². The lowest BCUT2D eigenvalue weighted by Crippen LogP contribution is -2.16. The number of rotatable bonds is 7. The van der Waals surface area contributed by atoms with Crippen molar-refractivity contribution in [2.75, 3.05) is 4.90 Å². The molecule has 1 heteroatoms. The van der Waals surface area contributed by atoms with Gasteiger partial charge in [0.25, 0.3) is 0 Å². The lowest BCUT2D eigenvalue weighted by atomic mass is 9.81. The molecule has 1 aliphatic rings. The van der Waals surface area contributed by atoms with E-state index in [4.69, 9.17) is 0 Å². The van der Waals surface area contributed by atoms with Crippen LogP contribution in [0.2, 0.25) is 0 Å². The Kier molecular flexibility index (Phi) is 7.90. The monoisotopic (exact) mass is 665 g/mol. The first kappa shape index (κ1) is 31.5. The molecule has 248 valence electrons. The maximum atomic E-state index is 2.41. The molecule has 52 heavy (non-hydrogen) atoms. The normalized spacial score (nSPS) is 12.6. The van der Waals surface area contributed by atoms with Crippen LogP contribution in [0.3, 0.4) is 0 Å². The number of nitrogens with zero attached hydrogens (tertiary/aromatic N) is 1. The number of hydrogen-bond acceptors (Lipinski definition) is 1. The van der Waals surface area contributed by atoms with Crippen LogP contribution in [-0.4, -0.2) is 0 Å². The molecule has 0 atom stereocenters. The van der Waals surface area contributed by atoms with E-state index in [1.54, 1.807) is 0 Å². The summed E-state index contributed by atoms with van der Waals surface area (Å²) < 4.78 is 0. The first-order valence-corrected chi connectivity index (χ1v) is 18.1. The van der Waals surface area contributed by atoms with Gasteiger partial charge in [0, 0.05) is 22.5 Å². The summed E-state index contributed by atoms with van der Waals surface area (Å²) in [5.74, 6) is 0. The van der Waals surface area contributed by atoms with Gasteiger partial charge in [-0.25, -0.2) is 0 Å². The minimum Gasteiger partial charge on any atom is -0.310 e. The number of hydrogen-bond donors (Lipinski definition) is 0. The van der Waals surface area contributed by atoms with Gasteiger partial charge in [0.05, 0.1) is 0 Å². The average molecular weight is 666 g/mol. The third kappa shape index (κ3) is 5.71. The topological polar surface area (TPSA) is 3.24 Å². The Labute approximate surface area is 307 Å². The molecule has 8 aromatic carbocycles. The van der Waals surface area contributed by atoms with Crippen LogP contribution in [0.4, 0.5) is 17.1 Å². The Bertz CT molecular complexity index is 2480. The Morgan fingerprint density at radius 2 is 0.615 bits per heavy atom. The van der Waals surface area contributed by atoms with E-state index in [1.807, 2.05) is 0 Å². The van der Waals surface area contributed by atoms with Crippen molar-refractivity contribution in [2.24, 2.45) is 0 Å². The molecule has 0 aromatic heterocycles. The third-order valence-corrected chi connectivity index (χ3v) is 10.7. The van der Waals surface area contributed by atoms with E-state index in [0.29, 0.717) is 0 Å². The van der Waals surface area contributed by atoms with Gasteiger partial charge in [-0.3, -0.25) is 0 Å². The van der Waals surface area contributed by atoms with E-state index in [9.17, 15) is 0 Å². The molecular formula is C51H39N. The summed E-state index contributed by atoms with van der Waals surface area (Å²) in [5, 5.41) is 0. The van der Waals surface area contributed by atoms with E-state index in [0.717, 1.165) is 17.1 Å². The van der Waals surface area contributed by atoms with Gasteiger partial charge in [-0.05, 0) is 109 Å². The van der Waals surface area contributed by atoms with Crippen LogP contribution in [0.5, 0.6) is 0 Å². The summed E-state index contributed by atoms with van der Waals surface area (Å²) in [6.07, 6.45) is 0. The van der Waals surface area contributed by atoms with Crippen molar-refractivity contribution in [2.45, 2.75) is 19.3 Å². The highest BCUT2D eigenvalue weighted by molar-refractivity contribution is 5.87. The van der Waals surface area contributed by atoms with E-state index >= 15 is 0 Å². The molecule has 0 spiro atoms. The molecule has 9 rings (SSSR count). The highest BCUT2D eigenvalue weighted by Crippen LogP contribution is 2.51. The fourth-order valence-electron chi connectivity index (χ4n) is 7.84. The van der Waals surface area contributed by atoms with Crippen LogP contribution in [0.1, 0.15) is 25.0 Å². The minimum absolute atomic E-state index is 0.156. The van der Waals surface area contributed by atoms with Crippen LogP contribution in [0, 0.1) is 0 Å². The molecule has 0 radical (unpaired) electrons. The third-order valence-electron chi connectivity index (χ3n) is 10.7. The number of anilines is 3. The first-order valence-electron chi connectivity index (χ1n) is 18.1. The highest BCUT2D eigenvalue weighted by Gasteiger charge is 2.36. The molecule has 0 N–H and O–H groups in total. The van der Waals surface area contributed by atoms with Crippen molar-refractivity contribution in [1.29, 1.82) is 0 Å². The molecule has 0 saturated carbocycles. The van der Waals surface area contributed by atoms with Gasteiger partial charge in [-0.1, -0.05) is 172 Å². The molecule has 1 aliphatic carbocycles. The fraction of sp³-hybridized carbons (Fsp3) is 0.0588. The Morgan fingerprint density at radius 3 is 1.12 bits per heavy atom. The predicted octanol–water partition coefficient (Wildman–Crippen LogP) is 14.1. The molecule has 0 unspecified atom stereocenters. The zero-order chi connectivity index (χ0) is 35.1. The van der Waals surface area contributed by atoms with Gasteiger partial charge in [-0.15, -0.1) is 0 Å². The SMILES string of the molecule is CC1(C)c2cc(-c3ccc(-c4ccc(-c5ccccc5)cc4)cc3)ccc2-c2ccc(N(c3ccccc3)c3ccc(-c4ccccc4)cc3)cc21. The standard InChI is InChI=1S/C51H39N/c1-51(2)49-34-43(42-24-22-40(23-25-42)39-20-18-38(19-21-39)36-12-6-3-7-13-36)28-32-47(49)48-33-31-46(35-50(48)51)52(44-16-10-5-11-17-44)45-29-26-41(27-30-45)37-14-8-4-9-15-37/h3-35H,1-2H3. The van der Waals surface area contributed by atoms with Gasteiger partial charge in [0.15, 0.2) is 0 Å². The van der Waals surface area contributed by atoms with Crippen molar-refractivity contribution in [3.05, 3.63) is 211 Å². The summed E-state index contributed by atoms with van der Waals surface area (Å²) in [6.45, 7) is 4.74. The van der Waals surface area contributed by atoms with Crippen LogP contribution < -0.4 is 4.90 Å². The largest absolute Gasteiger partial charge is 0.310 e. The molecule has 0 aliphatic heterocycles. The summed E-state index contributed by atoms with van der Waals surface area (Å²) >= 11 is 0. The lowest BCUT2D eigenvalue weighted by Gasteiger charge is -2.28. The summed E-state index contributed by atoms with van der Waals surface area (Å²) in [5.41, 5.74) is 18.5. The molecule has 0 saturated heterocycles. The summed E-state index contributed by atoms with van der Waals surface area (Å²) in [7, 11) is 0. The smallest absolute Gasteiger partial charge is 0.0465 e. The second kappa shape index (κ2) is 13.0. The van der Waals surface area contributed by atoms with Gasteiger partial charge >= 0.3 is 0 Å². The van der Waals surface area contributed by atoms with E-state index in [1.165, 1.54) is 66.8 Å². The fourth-order valence-corrected chi connectivity index (χ4v) is 7.84. The quantitative estimate of drug-likeness (QED) is 0.164. The number of fused-ring (bicyclic) bond motifs is 3. The van der Waals surface area contributed by atoms with E-state index in [-0.39, 0.29) is 5.41 Å². The summed E-state index contributed by atoms with van der Waals surface area (Å²) in [6, 6.07) is 72.7. The predicted molar refractivity (Wildman–Crippen MR) is 220 cm³/mol. The van der Waals surface area contributed by atoms with Crippen molar-refractivity contribution >= 4 is 17.1 Å². The zero-order valence-corrected chi connectivity index (χ0v) is 29.5. The first-order chi connectivity index (χ1) is 25.5. The Balaban J connectivity index is 1.02. The number of benzene rings is 8. The van der Waals surface area contributed by atoms with Gasteiger partial charge in [0.1, 0.15) is 0 Å². The van der Waals surface area contributed by atoms with Crippen LogP contribution in [0.15, 0.2) is 200 Å². The molecule has 0 bridgehead atoms. The second-order valence-corrected chi connectivity index (χ2v) is 14.2. The second-order valence-electron chi connectivity index (χ2n) is 14.2. The van der Waals surface area contributed by atoms with Crippen molar-refractivity contribution < 1.29 is 0 Å². The number of para-hydroxylation sites is 1. The molecule has 0 fully saturated rings. The van der Waals surface area contributed by atoms with Crippen molar-refractivity contribution in [3.8, 4) is 55.6 Å². The maximum absolute atomic E-state index is 2.41. The van der Waals surface area contributed by atoms with Gasteiger partial charge in [-0.2, -0.15) is 0 Å². The zero-order valence-electron chi connectivity index (χ0n) is 29.5. The minimum atomic E-state index is -0.156. The summed E-state index contributed by atoms with van der Waals surface area (Å²) in [4.78, 5) is 2.37. The van der Waals surface area contributed by atoms with Gasteiger partial charge < -0.3 is 4.90 Å². The lowest BCUT2D eigenvalue weighted by molar-refractivity contribution is 0.660. The van der Waals surface area contributed by atoms with Crippen molar-refractivity contribution in [1.82, 2.24) is 0 Å². The van der Waals surface area contributed by atoms with Crippen molar-refractivity contribution in [3.63, 3.8) is 0 Å². The molecular weight excluding hydrogens is 627 g/mol. The van der Waals surface area contributed by atoms with Crippen LogP contribution in [0.25, 0.3) is 55.6 Å². The highest BCUT2D eigenvalue weighted by atomic mass is 15.1. The Morgan fingerprint density at radius 1 is 0.288 bits per heavy atom. The maximum Gasteiger partial charge on any atom is 0.0465 e. The molecule has 0 amide bonds. The molecule has 0 heterocycles. The Hall–Kier alpha value is -6.44. The molecule has 8 aromatic rings. The van der Waals surface area contributed by atoms with Crippen LogP contribution in [-0.2, 0) is 5.41 Å². The van der Waals surface area contributed by atoms with E-state index in [2.05, 4.69) is 219 Å². The van der Waals surface area contributed by atoms with Gasteiger partial charge in [0.2, 0.25) is 0 Å². The average Bonchev–Trinajstić information content (AvgIpc) is 3.44. The van der Waals surface area contributed by atoms with E-state index < -0.39 is 0 Å².